The molecular weight excluding hydrogens is 352 g/mol. The number of alkyl halides is 2. The first-order chi connectivity index (χ1) is 12.1. The molecule has 2 aromatic rings. The second kappa shape index (κ2) is 9.83. The summed E-state index contributed by atoms with van der Waals surface area (Å²) in [7, 11) is 0. The molecule has 0 atom stereocenters. The van der Waals surface area contributed by atoms with Crippen molar-refractivity contribution >= 4 is 17.6 Å². The van der Waals surface area contributed by atoms with E-state index in [2.05, 4.69) is 25.5 Å². The minimum atomic E-state index is -2.90. The Morgan fingerprint density at radius 2 is 2.24 bits per heavy atom. The minimum Gasteiger partial charge on any atom is -0.434 e. The Kier molecular flexibility index (Phi) is 7.46. The fraction of sp³-hybridized carbons (Fsp3) is 0.375. The number of aromatic nitrogens is 2. The number of hydrogen-bond acceptors (Lipinski definition) is 3. The number of nitrogens with one attached hydrogen (secondary N) is 2. The third-order valence-electron chi connectivity index (χ3n) is 3.18. The van der Waals surface area contributed by atoms with Crippen LogP contribution in [0.25, 0.3) is 0 Å². The predicted octanol–water partition coefficient (Wildman–Crippen LogP) is 2.89. The van der Waals surface area contributed by atoms with Gasteiger partial charge in [-0.05, 0) is 31.2 Å². The van der Waals surface area contributed by atoms with E-state index < -0.39 is 6.61 Å². The smallest absolute Gasteiger partial charge is 0.387 e. The number of benzene rings is 1. The topological polar surface area (TPSA) is 63.5 Å². The fourth-order valence-corrected chi connectivity index (χ4v) is 2.30. The summed E-state index contributed by atoms with van der Waals surface area (Å²) >= 11 is 5.94. The molecule has 0 spiro atoms. The number of rotatable bonds is 8. The number of halogens is 3. The molecule has 0 amide bonds. The summed E-state index contributed by atoms with van der Waals surface area (Å²) in [4.78, 5) is 4.39. The molecule has 1 heterocycles. The highest BCUT2D eigenvalue weighted by molar-refractivity contribution is 6.30. The van der Waals surface area contributed by atoms with Crippen LogP contribution in [-0.2, 0) is 13.1 Å². The van der Waals surface area contributed by atoms with Gasteiger partial charge in [0.25, 0.3) is 0 Å². The van der Waals surface area contributed by atoms with Crippen molar-refractivity contribution in [1.82, 2.24) is 20.4 Å². The largest absolute Gasteiger partial charge is 0.434 e. The number of aliphatic imine (C=N–C) groups is 1. The Morgan fingerprint density at radius 1 is 1.40 bits per heavy atom. The molecule has 0 aliphatic heterocycles. The second-order valence-electron chi connectivity index (χ2n) is 5.02. The van der Waals surface area contributed by atoms with E-state index in [1.807, 2.05) is 19.2 Å². The summed E-state index contributed by atoms with van der Waals surface area (Å²) in [5.41, 5.74) is 0.483. The molecule has 0 aliphatic carbocycles. The summed E-state index contributed by atoms with van der Waals surface area (Å²) in [5, 5.41) is 10.8. The van der Waals surface area contributed by atoms with E-state index in [4.69, 9.17) is 11.6 Å². The van der Waals surface area contributed by atoms with Crippen LogP contribution in [0, 0.1) is 0 Å². The average Bonchev–Trinajstić information content (AvgIpc) is 3.08. The zero-order valence-electron chi connectivity index (χ0n) is 13.8. The Bertz CT molecular complexity index is 679. The van der Waals surface area contributed by atoms with Crippen molar-refractivity contribution < 1.29 is 13.5 Å². The van der Waals surface area contributed by atoms with Gasteiger partial charge in [-0.2, -0.15) is 13.9 Å². The molecule has 9 heteroatoms. The lowest BCUT2D eigenvalue weighted by Crippen LogP contribution is -2.38. The third kappa shape index (κ3) is 6.58. The lowest BCUT2D eigenvalue weighted by Gasteiger charge is -2.13. The zero-order chi connectivity index (χ0) is 18.1. The normalized spacial score (nSPS) is 11.6. The van der Waals surface area contributed by atoms with Gasteiger partial charge in [-0.25, -0.2) is 4.99 Å². The van der Waals surface area contributed by atoms with Gasteiger partial charge in [-0.15, -0.1) is 0 Å². The molecule has 0 saturated heterocycles. The lowest BCUT2D eigenvalue weighted by atomic mass is 10.2. The molecule has 2 N–H and O–H groups in total. The van der Waals surface area contributed by atoms with Crippen molar-refractivity contribution in [2.75, 3.05) is 13.1 Å². The summed E-state index contributed by atoms with van der Waals surface area (Å²) in [5.74, 6) is 0.633. The van der Waals surface area contributed by atoms with Crippen LogP contribution in [0.15, 0.2) is 41.7 Å². The number of ether oxygens (including phenoxy) is 1. The SMILES string of the molecule is CCNC(=NCc1cc(Cl)ccc1OC(F)F)NCCn1cccn1. The van der Waals surface area contributed by atoms with Crippen LogP contribution in [-0.4, -0.2) is 35.4 Å². The van der Waals surface area contributed by atoms with Crippen LogP contribution >= 0.6 is 11.6 Å². The highest BCUT2D eigenvalue weighted by atomic mass is 35.5. The van der Waals surface area contributed by atoms with Crippen LogP contribution < -0.4 is 15.4 Å². The number of nitrogens with zero attached hydrogens (tertiary/aromatic N) is 3. The number of guanidine groups is 1. The van der Waals surface area contributed by atoms with Gasteiger partial charge in [0, 0.05) is 36.1 Å². The van der Waals surface area contributed by atoms with Gasteiger partial charge in [0.05, 0.1) is 13.1 Å². The zero-order valence-corrected chi connectivity index (χ0v) is 14.5. The Balaban J connectivity index is 2.00. The Labute approximate surface area is 149 Å². The maximum absolute atomic E-state index is 12.5. The lowest BCUT2D eigenvalue weighted by molar-refractivity contribution is -0.0504. The molecule has 136 valence electrons. The first kappa shape index (κ1) is 19.0. The van der Waals surface area contributed by atoms with E-state index in [1.54, 1.807) is 16.9 Å². The average molecular weight is 372 g/mol. The summed E-state index contributed by atoms with van der Waals surface area (Å²) in [6, 6.07) is 6.33. The molecule has 0 saturated carbocycles. The fourth-order valence-electron chi connectivity index (χ4n) is 2.11. The molecule has 0 bridgehead atoms. The molecule has 0 unspecified atom stereocenters. The van der Waals surface area contributed by atoms with E-state index in [0.29, 0.717) is 36.2 Å². The highest BCUT2D eigenvalue weighted by Gasteiger charge is 2.10. The van der Waals surface area contributed by atoms with Crippen molar-refractivity contribution in [3.8, 4) is 5.75 Å². The Morgan fingerprint density at radius 3 is 2.92 bits per heavy atom. The van der Waals surface area contributed by atoms with Crippen molar-refractivity contribution in [2.24, 2.45) is 4.99 Å². The summed E-state index contributed by atoms with van der Waals surface area (Å²) < 4.78 is 31.3. The van der Waals surface area contributed by atoms with Crippen LogP contribution in [0.4, 0.5) is 8.78 Å². The van der Waals surface area contributed by atoms with Gasteiger partial charge in [-0.1, -0.05) is 11.6 Å². The van der Waals surface area contributed by atoms with Gasteiger partial charge >= 0.3 is 6.61 Å². The van der Waals surface area contributed by atoms with Gasteiger partial charge in [0.15, 0.2) is 5.96 Å². The van der Waals surface area contributed by atoms with E-state index in [-0.39, 0.29) is 12.3 Å². The highest BCUT2D eigenvalue weighted by Crippen LogP contribution is 2.25. The molecule has 1 aromatic heterocycles. The molecule has 0 fully saturated rings. The molecular formula is C16H20ClF2N5O. The van der Waals surface area contributed by atoms with Gasteiger partial charge in [0.1, 0.15) is 5.75 Å². The van der Waals surface area contributed by atoms with Crippen molar-refractivity contribution in [2.45, 2.75) is 26.6 Å². The standard InChI is InChI=1S/C16H20ClF2N5O/c1-2-20-16(21-7-9-24-8-3-6-23-24)22-11-12-10-13(17)4-5-14(12)25-15(18)19/h3-6,8,10,15H,2,7,9,11H2,1H3,(H2,20,21,22). The van der Waals surface area contributed by atoms with Gasteiger partial charge < -0.3 is 15.4 Å². The van der Waals surface area contributed by atoms with E-state index in [9.17, 15) is 8.78 Å². The van der Waals surface area contributed by atoms with Crippen molar-refractivity contribution in [3.63, 3.8) is 0 Å². The molecule has 0 radical (unpaired) electrons. The first-order valence-electron chi connectivity index (χ1n) is 7.81. The van der Waals surface area contributed by atoms with Gasteiger partial charge in [0.2, 0.25) is 0 Å². The van der Waals surface area contributed by atoms with E-state index in [0.717, 1.165) is 0 Å². The van der Waals surface area contributed by atoms with Crippen LogP contribution in [0.2, 0.25) is 5.02 Å². The quantitative estimate of drug-likeness (QED) is 0.553. The molecule has 1 aromatic carbocycles. The Hall–Kier alpha value is -2.35. The van der Waals surface area contributed by atoms with Crippen molar-refractivity contribution in [3.05, 3.63) is 47.2 Å². The van der Waals surface area contributed by atoms with Crippen molar-refractivity contribution in [1.29, 1.82) is 0 Å². The number of hydrogen-bond donors (Lipinski definition) is 2. The molecule has 25 heavy (non-hydrogen) atoms. The molecule has 6 nitrogen and oxygen atoms in total. The van der Waals surface area contributed by atoms with Gasteiger partial charge in [-0.3, -0.25) is 4.68 Å². The predicted molar refractivity (Wildman–Crippen MR) is 93.1 cm³/mol. The first-order valence-corrected chi connectivity index (χ1v) is 8.19. The maximum atomic E-state index is 12.5. The minimum absolute atomic E-state index is 0.0653. The summed E-state index contributed by atoms with van der Waals surface area (Å²) in [6.45, 7) is 1.15. The molecule has 0 aliphatic rings. The van der Waals surface area contributed by atoms with Crippen LogP contribution in [0.1, 0.15) is 12.5 Å². The monoisotopic (exact) mass is 371 g/mol. The van der Waals surface area contributed by atoms with E-state index in [1.165, 1.54) is 12.1 Å². The maximum Gasteiger partial charge on any atom is 0.387 e. The molecule has 2 rings (SSSR count). The van der Waals surface area contributed by atoms with E-state index >= 15 is 0 Å². The van der Waals surface area contributed by atoms with Crippen LogP contribution in [0.3, 0.4) is 0 Å². The van der Waals surface area contributed by atoms with Crippen LogP contribution in [0.5, 0.6) is 5.75 Å². The third-order valence-corrected chi connectivity index (χ3v) is 3.42. The second-order valence-corrected chi connectivity index (χ2v) is 5.46. The summed E-state index contributed by atoms with van der Waals surface area (Å²) in [6.07, 6.45) is 3.58.